The van der Waals surface area contributed by atoms with Crippen molar-refractivity contribution in [3.63, 3.8) is 0 Å². The molecule has 1 aromatic heterocycles. The van der Waals surface area contributed by atoms with E-state index < -0.39 is 22.2 Å². The number of rotatable bonds is 20. The van der Waals surface area contributed by atoms with Crippen LogP contribution in [0.4, 0.5) is 17.8 Å². The fraction of sp³-hybridized carbons (Fsp3) is 0.875. The van der Waals surface area contributed by atoms with Crippen molar-refractivity contribution in [1.82, 2.24) is 49.7 Å². The van der Waals surface area contributed by atoms with Crippen molar-refractivity contribution >= 4 is 29.7 Å². The molecule has 3 rings (SSSR count). The van der Waals surface area contributed by atoms with Crippen LogP contribution in [0.1, 0.15) is 95.9 Å². The summed E-state index contributed by atoms with van der Waals surface area (Å²) in [6.07, 6.45) is 2.06. The number of carbonyl (C=O) groups is 2. The maximum absolute atomic E-state index is 13.7. The summed E-state index contributed by atoms with van der Waals surface area (Å²) < 4.78 is 0. The van der Waals surface area contributed by atoms with Gasteiger partial charge >= 0.3 is 0 Å². The number of hydrogen-bond donors (Lipinski definition) is 4. The largest absolute Gasteiger partial charge is 0.354 e. The van der Waals surface area contributed by atoms with Gasteiger partial charge in [0.2, 0.25) is 29.7 Å². The van der Waals surface area contributed by atoms with E-state index in [1.165, 1.54) is 0 Å². The second-order valence-corrected chi connectivity index (χ2v) is 19.9. The van der Waals surface area contributed by atoms with E-state index in [9.17, 15) is 9.59 Å². The van der Waals surface area contributed by atoms with E-state index in [2.05, 4.69) is 110 Å². The van der Waals surface area contributed by atoms with E-state index in [1.807, 2.05) is 58.6 Å². The van der Waals surface area contributed by atoms with E-state index in [0.29, 0.717) is 50.6 Å². The van der Waals surface area contributed by atoms with Gasteiger partial charge in [-0.1, -0.05) is 0 Å². The Labute approximate surface area is 334 Å². The Morgan fingerprint density at radius 2 is 0.982 bits per heavy atom. The summed E-state index contributed by atoms with van der Waals surface area (Å²) in [4.78, 5) is 54.9. The highest BCUT2D eigenvalue weighted by molar-refractivity contribution is 5.87. The Bertz CT molecular complexity index is 1360. The molecule has 0 saturated carbocycles. The zero-order valence-electron chi connectivity index (χ0n) is 37.8. The van der Waals surface area contributed by atoms with Crippen molar-refractivity contribution in [1.29, 1.82) is 0 Å². The zero-order valence-corrected chi connectivity index (χ0v) is 37.8. The molecule has 0 aromatic carbocycles. The highest BCUT2D eigenvalue weighted by atomic mass is 16.2. The Morgan fingerprint density at radius 3 is 1.36 bits per heavy atom. The fourth-order valence-electron chi connectivity index (χ4n) is 7.96. The quantitative estimate of drug-likeness (QED) is 0.145. The summed E-state index contributed by atoms with van der Waals surface area (Å²) in [7, 11) is 10.4. The van der Waals surface area contributed by atoms with Gasteiger partial charge in [0, 0.05) is 56.9 Å². The molecule has 0 aliphatic carbocycles. The summed E-state index contributed by atoms with van der Waals surface area (Å²) in [6, 6.07) is 0. The number of nitrogens with zero attached hydrogens (tertiary/aromatic N) is 9. The molecule has 3 heterocycles. The highest BCUT2D eigenvalue weighted by Crippen LogP contribution is 2.34. The first-order chi connectivity index (χ1) is 25.1. The third-order valence-corrected chi connectivity index (χ3v) is 11.8. The number of hydrogen-bond acceptors (Lipinski definition) is 13. The van der Waals surface area contributed by atoms with Gasteiger partial charge < -0.3 is 40.9 Å². The molecule has 1 aromatic rings. The van der Waals surface area contributed by atoms with E-state index >= 15 is 0 Å². The SMILES string of the molecule is CNCCCN(C)CCN(C)CCCNc1nc(NC(C)(C)CN2CC(C)(C)N(C)C(C)(C)C2=O)nc(NC(C)(C)CN2CC(C)(C)N(C)C(C)(C)C2=O)n1. The summed E-state index contributed by atoms with van der Waals surface area (Å²) >= 11 is 0. The second kappa shape index (κ2) is 17.7. The number of nitrogens with one attached hydrogen (secondary N) is 4. The van der Waals surface area contributed by atoms with Crippen LogP contribution in [-0.4, -0.2) is 190 Å². The maximum Gasteiger partial charge on any atom is 0.242 e. The molecular formula is C40H79N13O2. The first-order valence-electron chi connectivity index (χ1n) is 20.3. The third-order valence-electron chi connectivity index (χ3n) is 11.8. The van der Waals surface area contributed by atoms with Gasteiger partial charge in [-0.15, -0.1) is 0 Å². The normalized spacial score (nSPS) is 20.4. The van der Waals surface area contributed by atoms with Crippen LogP contribution in [0.3, 0.4) is 0 Å². The Kier molecular flexibility index (Phi) is 15.0. The molecule has 2 fully saturated rings. The lowest BCUT2D eigenvalue weighted by atomic mass is 9.86. The number of carbonyl (C=O) groups excluding carboxylic acids is 2. The fourth-order valence-corrected chi connectivity index (χ4v) is 7.96. The van der Waals surface area contributed by atoms with E-state index in [1.54, 1.807) is 0 Å². The molecule has 0 atom stereocenters. The molecule has 2 amide bonds. The predicted octanol–water partition coefficient (Wildman–Crippen LogP) is 3.19. The van der Waals surface area contributed by atoms with Gasteiger partial charge in [-0.05, 0) is 151 Å². The van der Waals surface area contributed by atoms with Gasteiger partial charge in [-0.25, -0.2) is 0 Å². The van der Waals surface area contributed by atoms with Crippen LogP contribution < -0.4 is 21.3 Å². The number of anilines is 3. The first-order valence-corrected chi connectivity index (χ1v) is 20.3. The Balaban J connectivity index is 1.79. The van der Waals surface area contributed by atoms with Crippen molar-refractivity contribution < 1.29 is 9.59 Å². The summed E-state index contributed by atoms with van der Waals surface area (Å²) in [5, 5.41) is 13.8. The van der Waals surface area contributed by atoms with E-state index in [0.717, 1.165) is 45.6 Å². The maximum atomic E-state index is 13.7. The van der Waals surface area contributed by atoms with Gasteiger partial charge in [0.05, 0.1) is 22.2 Å². The number of amides is 2. The Morgan fingerprint density at radius 1 is 0.618 bits per heavy atom. The smallest absolute Gasteiger partial charge is 0.242 e. The van der Waals surface area contributed by atoms with Crippen LogP contribution in [0.5, 0.6) is 0 Å². The number of likely N-dealkylation sites (N-methyl/N-ethyl adjacent to an activating group) is 4. The molecule has 15 heteroatoms. The van der Waals surface area contributed by atoms with Gasteiger partial charge in [-0.2, -0.15) is 15.0 Å². The molecular weight excluding hydrogens is 695 g/mol. The van der Waals surface area contributed by atoms with Gasteiger partial charge in [0.1, 0.15) is 0 Å². The molecule has 316 valence electrons. The van der Waals surface area contributed by atoms with Crippen molar-refractivity contribution in [2.75, 3.05) is 117 Å². The summed E-state index contributed by atoms with van der Waals surface area (Å²) in [5.74, 6) is 1.49. The minimum Gasteiger partial charge on any atom is -0.354 e. The lowest BCUT2D eigenvalue weighted by molar-refractivity contribution is -0.158. The summed E-state index contributed by atoms with van der Waals surface area (Å²) in [6.45, 7) is 32.9. The van der Waals surface area contributed by atoms with Crippen molar-refractivity contribution in [3.8, 4) is 0 Å². The zero-order chi connectivity index (χ0) is 41.8. The van der Waals surface area contributed by atoms with Crippen molar-refractivity contribution in [3.05, 3.63) is 0 Å². The molecule has 0 radical (unpaired) electrons. The molecule has 2 aliphatic heterocycles. The minimum atomic E-state index is -0.628. The van der Waals surface area contributed by atoms with Crippen LogP contribution in [-0.2, 0) is 9.59 Å². The number of aromatic nitrogens is 3. The molecule has 0 unspecified atom stereocenters. The monoisotopic (exact) mass is 774 g/mol. The minimum absolute atomic E-state index is 0.0986. The van der Waals surface area contributed by atoms with Crippen LogP contribution in [0.15, 0.2) is 0 Å². The molecule has 0 spiro atoms. The molecule has 2 saturated heterocycles. The van der Waals surface area contributed by atoms with Crippen molar-refractivity contribution in [2.24, 2.45) is 0 Å². The van der Waals surface area contributed by atoms with Gasteiger partial charge in [-0.3, -0.25) is 19.4 Å². The van der Waals surface area contributed by atoms with E-state index in [4.69, 9.17) is 15.0 Å². The molecule has 15 nitrogen and oxygen atoms in total. The first kappa shape index (κ1) is 46.5. The van der Waals surface area contributed by atoms with Crippen molar-refractivity contribution in [2.45, 2.75) is 129 Å². The standard InChI is InChI=1S/C40H79N13O2/c1-35(2,26-52-28-37(5,6)50(16)39(9,10)30(52)54)46-33-43-32(42-21-19-23-49(15)25-24-48(14)22-18-20-41-13)44-34(45-33)47-36(3,4)27-53-29-38(7,8)51(17)40(11,12)31(53)55/h41H,18-29H2,1-17H3,(H3,42,43,44,45,46,47). The lowest BCUT2D eigenvalue weighted by Crippen LogP contribution is -2.71. The summed E-state index contributed by atoms with van der Waals surface area (Å²) in [5.41, 5.74) is -2.75. The van der Waals surface area contributed by atoms with Gasteiger partial charge in [0.25, 0.3) is 0 Å². The molecule has 2 aliphatic rings. The average Bonchev–Trinajstić information content (AvgIpc) is 3.05. The van der Waals surface area contributed by atoms with Gasteiger partial charge in [0.15, 0.2) is 0 Å². The van der Waals surface area contributed by atoms with Crippen LogP contribution in [0.25, 0.3) is 0 Å². The average molecular weight is 774 g/mol. The molecule has 55 heavy (non-hydrogen) atoms. The predicted molar refractivity (Wildman–Crippen MR) is 227 cm³/mol. The Hall–Kier alpha value is -2.85. The van der Waals surface area contributed by atoms with Crippen LogP contribution in [0.2, 0.25) is 0 Å². The molecule has 0 bridgehead atoms. The number of piperazine rings is 2. The highest BCUT2D eigenvalue weighted by Gasteiger charge is 2.50. The van der Waals surface area contributed by atoms with Crippen LogP contribution in [0, 0.1) is 0 Å². The third kappa shape index (κ3) is 12.3. The van der Waals surface area contributed by atoms with Crippen LogP contribution >= 0.6 is 0 Å². The van der Waals surface area contributed by atoms with E-state index in [-0.39, 0.29) is 22.9 Å². The molecule has 4 N–H and O–H groups in total. The lowest BCUT2D eigenvalue weighted by Gasteiger charge is -2.54. The second-order valence-electron chi connectivity index (χ2n) is 19.9. The topological polar surface area (TPSA) is 140 Å².